The Balaban J connectivity index is 2.59. The standard InChI is InChI=1S/C13H11Br2NO2/c1-7(2)13(17)18-12-10(15)6-9(14)8-4-3-5-16-11(8)12/h3-7H,1-2H3. The summed E-state index contributed by atoms with van der Waals surface area (Å²) >= 11 is 6.87. The zero-order valence-electron chi connectivity index (χ0n) is 9.91. The second-order valence-corrected chi connectivity index (χ2v) is 5.85. The highest BCUT2D eigenvalue weighted by Gasteiger charge is 2.17. The first kappa shape index (κ1) is 13.5. The number of fused-ring (bicyclic) bond motifs is 1. The predicted octanol–water partition coefficient (Wildman–Crippen LogP) is 4.32. The van der Waals surface area contributed by atoms with Gasteiger partial charge in [0.1, 0.15) is 5.52 Å². The van der Waals surface area contributed by atoms with Gasteiger partial charge in [0, 0.05) is 16.1 Å². The number of halogens is 2. The molecule has 0 amide bonds. The molecule has 0 aliphatic carbocycles. The van der Waals surface area contributed by atoms with Crippen molar-refractivity contribution in [2.24, 2.45) is 5.92 Å². The largest absolute Gasteiger partial charge is 0.423 e. The molecule has 94 valence electrons. The smallest absolute Gasteiger partial charge is 0.313 e. The van der Waals surface area contributed by atoms with E-state index in [1.54, 1.807) is 20.0 Å². The molecule has 0 radical (unpaired) electrons. The van der Waals surface area contributed by atoms with Crippen molar-refractivity contribution in [3.63, 3.8) is 0 Å². The third-order valence-electron chi connectivity index (χ3n) is 2.42. The molecule has 0 aliphatic rings. The number of aromatic nitrogens is 1. The highest BCUT2D eigenvalue weighted by Crippen LogP contribution is 2.37. The second kappa shape index (κ2) is 5.36. The first-order valence-corrected chi connectivity index (χ1v) is 7.03. The Bertz CT molecular complexity index is 611. The lowest BCUT2D eigenvalue weighted by Gasteiger charge is -2.11. The van der Waals surface area contributed by atoms with Crippen LogP contribution in [0.15, 0.2) is 33.3 Å². The highest BCUT2D eigenvalue weighted by atomic mass is 79.9. The maximum atomic E-state index is 11.7. The van der Waals surface area contributed by atoms with Gasteiger partial charge in [-0.2, -0.15) is 0 Å². The zero-order chi connectivity index (χ0) is 13.3. The summed E-state index contributed by atoms with van der Waals surface area (Å²) in [7, 11) is 0. The van der Waals surface area contributed by atoms with E-state index in [0.717, 1.165) is 9.86 Å². The number of rotatable bonds is 2. The summed E-state index contributed by atoms with van der Waals surface area (Å²) in [5.41, 5.74) is 0.660. The molecule has 3 nitrogen and oxygen atoms in total. The van der Waals surface area contributed by atoms with Gasteiger partial charge in [0.2, 0.25) is 0 Å². The van der Waals surface area contributed by atoms with Crippen LogP contribution in [0.5, 0.6) is 5.75 Å². The number of pyridine rings is 1. The van der Waals surface area contributed by atoms with Crippen LogP contribution < -0.4 is 4.74 Å². The Morgan fingerprint density at radius 2 is 2.06 bits per heavy atom. The van der Waals surface area contributed by atoms with E-state index in [0.29, 0.717) is 15.7 Å². The average Bonchev–Trinajstić information content (AvgIpc) is 2.34. The average molecular weight is 373 g/mol. The number of esters is 1. The van der Waals surface area contributed by atoms with Crippen LogP contribution in [-0.2, 0) is 4.79 Å². The fraction of sp³-hybridized carbons (Fsp3) is 0.231. The SMILES string of the molecule is CC(C)C(=O)Oc1c(Br)cc(Br)c2cccnc12. The number of nitrogens with zero attached hydrogens (tertiary/aromatic N) is 1. The minimum atomic E-state index is -0.273. The van der Waals surface area contributed by atoms with E-state index < -0.39 is 0 Å². The lowest BCUT2D eigenvalue weighted by Crippen LogP contribution is -2.15. The lowest BCUT2D eigenvalue weighted by atomic mass is 10.2. The van der Waals surface area contributed by atoms with E-state index in [-0.39, 0.29) is 11.9 Å². The van der Waals surface area contributed by atoms with Crippen LogP contribution in [0.25, 0.3) is 10.9 Å². The minimum Gasteiger partial charge on any atom is -0.423 e. The van der Waals surface area contributed by atoms with Gasteiger partial charge in [-0.05, 0) is 28.1 Å². The van der Waals surface area contributed by atoms with Gasteiger partial charge in [0.05, 0.1) is 10.4 Å². The van der Waals surface area contributed by atoms with Crippen molar-refractivity contribution in [3.05, 3.63) is 33.3 Å². The van der Waals surface area contributed by atoms with Gasteiger partial charge in [0.25, 0.3) is 0 Å². The normalized spacial score (nSPS) is 10.9. The molecule has 0 saturated carbocycles. The van der Waals surface area contributed by atoms with Crippen molar-refractivity contribution in [2.75, 3.05) is 0 Å². The Kier molecular flexibility index (Phi) is 4.02. The molecule has 1 heterocycles. The maximum absolute atomic E-state index is 11.7. The molecule has 0 spiro atoms. The van der Waals surface area contributed by atoms with Gasteiger partial charge in [0.15, 0.2) is 5.75 Å². The molecule has 0 aliphatic heterocycles. The summed E-state index contributed by atoms with van der Waals surface area (Å²) in [5.74, 6) is 0.0109. The van der Waals surface area contributed by atoms with E-state index in [2.05, 4.69) is 36.8 Å². The van der Waals surface area contributed by atoms with Crippen molar-refractivity contribution in [1.29, 1.82) is 0 Å². The number of carbonyl (C=O) groups excluding carboxylic acids is 1. The summed E-state index contributed by atoms with van der Waals surface area (Å²) in [5, 5.41) is 0.909. The first-order valence-electron chi connectivity index (χ1n) is 5.45. The van der Waals surface area contributed by atoms with Crippen molar-refractivity contribution in [3.8, 4) is 5.75 Å². The molecular formula is C13H11Br2NO2. The van der Waals surface area contributed by atoms with E-state index in [4.69, 9.17) is 4.74 Å². The number of ether oxygens (including phenoxy) is 1. The third kappa shape index (κ3) is 2.57. The maximum Gasteiger partial charge on any atom is 0.313 e. The topological polar surface area (TPSA) is 39.2 Å². The summed E-state index contributed by atoms with van der Waals surface area (Å²) < 4.78 is 7.01. The molecular weight excluding hydrogens is 362 g/mol. The van der Waals surface area contributed by atoms with Gasteiger partial charge >= 0.3 is 5.97 Å². The van der Waals surface area contributed by atoms with Crippen molar-refractivity contribution < 1.29 is 9.53 Å². The molecule has 5 heteroatoms. The number of hydrogen-bond donors (Lipinski definition) is 0. The van der Waals surface area contributed by atoms with E-state index in [9.17, 15) is 4.79 Å². The molecule has 2 aromatic rings. The monoisotopic (exact) mass is 371 g/mol. The quantitative estimate of drug-likeness (QED) is 0.582. The molecule has 0 atom stereocenters. The molecule has 0 bridgehead atoms. The van der Waals surface area contributed by atoms with Gasteiger partial charge in [-0.15, -0.1) is 0 Å². The molecule has 2 rings (SSSR count). The summed E-state index contributed by atoms with van der Waals surface area (Å²) in [6.07, 6.45) is 1.67. The minimum absolute atomic E-state index is 0.181. The van der Waals surface area contributed by atoms with Crippen LogP contribution in [0.2, 0.25) is 0 Å². The Morgan fingerprint density at radius 3 is 2.72 bits per heavy atom. The Labute approximate surface area is 122 Å². The van der Waals surface area contributed by atoms with Crippen LogP contribution in [0, 0.1) is 5.92 Å². The molecule has 0 unspecified atom stereocenters. The van der Waals surface area contributed by atoms with Crippen LogP contribution in [-0.4, -0.2) is 11.0 Å². The van der Waals surface area contributed by atoms with Crippen LogP contribution in [0.1, 0.15) is 13.8 Å². The molecule has 18 heavy (non-hydrogen) atoms. The second-order valence-electron chi connectivity index (χ2n) is 4.14. The molecule has 1 aromatic carbocycles. The van der Waals surface area contributed by atoms with Crippen LogP contribution >= 0.6 is 31.9 Å². The number of benzene rings is 1. The van der Waals surface area contributed by atoms with Crippen molar-refractivity contribution >= 4 is 48.7 Å². The summed E-state index contributed by atoms with van der Waals surface area (Å²) in [4.78, 5) is 16.0. The summed E-state index contributed by atoms with van der Waals surface area (Å²) in [6.45, 7) is 3.59. The van der Waals surface area contributed by atoms with Gasteiger partial charge in [-0.25, -0.2) is 0 Å². The third-order valence-corrected chi connectivity index (χ3v) is 3.67. The van der Waals surface area contributed by atoms with Gasteiger partial charge in [-0.1, -0.05) is 35.8 Å². The molecule has 0 saturated heterocycles. The first-order chi connectivity index (χ1) is 8.50. The van der Waals surface area contributed by atoms with E-state index >= 15 is 0 Å². The highest BCUT2D eigenvalue weighted by molar-refractivity contribution is 9.11. The van der Waals surface area contributed by atoms with E-state index in [1.165, 1.54) is 0 Å². The lowest BCUT2D eigenvalue weighted by molar-refractivity contribution is -0.137. The van der Waals surface area contributed by atoms with Crippen LogP contribution in [0.3, 0.4) is 0 Å². The Morgan fingerprint density at radius 1 is 1.33 bits per heavy atom. The van der Waals surface area contributed by atoms with Crippen molar-refractivity contribution in [2.45, 2.75) is 13.8 Å². The van der Waals surface area contributed by atoms with Gasteiger partial charge < -0.3 is 4.74 Å². The molecule has 1 aromatic heterocycles. The fourth-order valence-corrected chi connectivity index (χ4v) is 2.82. The van der Waals surface area contributed by atoms with Crippen molar-refractivity contribution in [1.82, 2.24) is 4.98 Å². The number of carbonyl (C=O) groups is 1. The number of hydrogen-bond acceptors (Lipinski definition) is 3. The summed E-state index contributed by atoms with van der Waals surface area (Å²) in [6, 6.07) is 5.62. The predicted molar refractivity (Wildman–Crippen MR) is 77.6 cm³/mol. The molecule has 0 fully saturated rings. The van der Waals surface area contributed by atoms with Crippen LogP contribution in [0.4, 0.5) is 0 Å². The van der Waals surface area contributed by atoms with Gasteiger partial charge in [-0.3, -0.25) is 9.78 Å². The van der Waals surface area contributed by atoms with E-state index in [1.807, 2.05) is 18.2 Å². The fourth-order valence-electron chi connectivity index (χ4n) is 1.46. The zero-order valence-corrected chi connectivity index (χ0v) is 13.1. The molecule has 0 N–H and O–H groups in total. The Hall–Kier alpha value is -0.940.